The molecule has 0 fully saturated rings. The maximum absolute atomic E-state index is 12.9. The van der Waals surface area contributed by atoms with E-state index in [9.17, 15) is 14.4 Å². The van der Waals surface area contributed by atoms with E-state index in [4.69, 9.17) is 5.73 Å². The van der Waals surface area contributed by atoms with Crippen molar-refractivity contribution in [2.75, 3.05) is 17.2 Å². The number of nitrogens with two attached hydrogens (primary N) is 1. The van der Waals surface area contributed by atoms with Gasteiger partial charge in [-0.05, 0) is 31.1 Å². The molecule has 0 bridgehead atoms. The van der Waals surface area contributed by atoms with Gasteiger partial charge in [0.2, 0.25) is 5.91 Å². The molecule has 0 spiro atoms. The van der Waals surface area contributed by atoms with Crippen LogP contribution in [0.5, 0.6) is 0 Å². The van der Waals surface area contributed by atoms with E-state index in [1.807, 2.05) is 20.8 Å². The second kappa shape index (κ2) is 8.87. The number of nitrogen functional groups attached to an aromatic ring is 1. The number of carbonyl (C=O) groups is 1. The van der Waals surface area contributed by atoms with Gasteiger partial charge in [0.25, 0.3) is 5.56 Å². The van der Waals surface area contributed by atoms with Gasteiger partial charge >= 0.3 is 5.69 Å². The molecule has 1 heterocycles. The number of rotatable bonds is 8. The predicted octanol–water partition coefficient (Wildman–Crippen LogP) is 2.26. The normalized spacial score (nSPS) is 16.4. The number of unbranched alkanes of at least 4 members (excludes halogenated alkanes) is 1. The first kappa shape index (κ1) is 20.0. The van der Waals surface area contributed by atoms with Gasteiger partial charge in [-0.1, -0.05) is 39.3 Å². The highest BCUT2D eigenvalue weighted by Gasteiger charge is 2.26. The summed E-state index contributed by atoms with van der Waals surface area (Å²) in [6, 6.07) is 0. The Labute approximate surface area is 153 Å². The highest BCUT2D eigenvalue weighted by atomic mass is 16.2. The summed E-state index contributed by atoms with van der Waals surface area (Å²) in [5.74, 6) is 0.299. The molecule has 26 heavy (non-hydrogen) atoms. The molecule has 2 rings (SSSR count). The summed E-state index contributed by atoms with van der Waals surface area (Å²) >= 11 is 0. The Bertz CT molecular complexity index is 776. The lowest BCUT2D eigenvalue weighted by Gasteiger charge is -2.27. The summed E-state index contributed by atoms with van der Waals surface area (Å²) in [4.78, 5) is 41.4. The zero-order valence-electron chi connectivity index (χ0n) is 16.0. The van der Waals surface area contributed by atoms with Crippen LogP contribution < -0.4 is 21.9 Å². The summed E-state index contributed by atoms with van der Waals surface area (Å²) < 4.78 is 1.36. The Balaban J connectivity index is 2.43. The summed E-state index contributed by atoms with van der Waals surface area (Å²) in [5, 5.41) is 0. The van der Waals surface area contributed by atoms with Crippen molar-refractivity contribution >= 4 is 17.4 Å². The first-order valence-corrected chi connectivity index (χ1v) is 9.44. The number of carbonyl (C=O) groups excluding carboxylic acids is 1. The number of aromatic nitrogens is 2. The van der Waals surface area contributed by atoms with Gasteiger partial charge in [-0.3, -0.25) is 19.1 Å². The maximum Gasteiger partial charge on any atom is 0.330 e. The Morgan fingerprint density at radius 1 is 1.42 bits per heavy atom. The van der Waals surface area contributed by atoms with E-state index in [1.54, 1.807) is 0 Å². The molecule has 1 aliphatic rings. The van der Waals surface area contributed by atoms with Crippen molar-refractivity contribution in [1.82, 2.24) is 9.55 Å². The van der Waals surface area contributed by atoms with Gasteiger partial charge in [0.15, 0.2) is 5.69 Å². The van der Waals surface area contributed by atoms with Crippen LogP contribution in [-0.2, 0) is 11.3 Å². The number of anilines is 2. The average Bonchev–Trinajstić information content (AvgIpc) is 3.06. The largest absolute Gasteiger partial charge is 0.383 e. The van der Waals surface area contributed by atoms with Crippen molar-refractivity contribution in [2.24, 2.45) is 11.8 Å². The second-order valence-electron chi connectivity index (χ2n) is 7.37. The zero-order chi connectivity index (χ0) is 19.3. The van der Waals surface area contributed by atoms with Crippen molar-refractivity contribution in [3.8, 4) is 0 Å². The van der Waals surface area contributed by atoms with Crippen LogP contribution in [0.2, 0.25) is 0 Å². The van der Waals surface area contributed by atoms with Gasteiger partial charge in [-0.2, -0.15) is 0 Å². The van der Waals surface area contributed by atoms with Crippen molar-refractivity contribution in [3.05, 3.63) is 33.0 Å². The highest BCUT2D eigenvalue weighted by Crippen LogP contribution is 2.25. The number of H-pyrrole nitrogens is 1. The lowest BCUT2D eigenvalue weighted by molar-refractivity contribution is -0.119. The topological polar surface area (TPSA) is 101 Å². The molecule has 1 aromatic rings. The molecular weight excluding hydrogens is 332 g/mol. The molecule has 0 aromatic carbocycles. The molecule has 7 nitrogen and oxygen atoms in total. The SMILES string of the molecule is CCCCn1c(N)c(N(CC(C)C)C(=O)C[C@@H]2C=CCC2)c(=O)[nH]c1=O. The van der Waals surface area contributed by atoms with Crippen LogP contribution >= 0.6 is 0 Å². The molecule has 1 amide bonds. The standard InChI is InChI=1S/C19H30N4O3/c1-4-5-10-22-17(20)16(18(25)21-19(22)26)23(12-13(2)3)15(24)11-14-8-6-7-9-14/h6,8,13-14H,4-5,7,9-12,20H2,1-3H3,(H,21,25,26)/t14-/m1/s1. The molecule has 144 valence electrons. The number of allylic oxidation sites excluding steroid dienone is 2. The van der Waals surface area contributed by atoms with Gasteiger partial charge < -0.3 is 10.6 Å². The van der Waals surface area contributed by atoms with Gasteiger partial charge in [0.1, 0.15) is 5.82 Å². The smallest absolute Gasteiger partial charge is 0.330 e. The molecule has 0 saturated carbocycles. The lowest BCUT2D eigenvalue weighted by atomic mass is 10.0. The highest BCUT2D eigenvalue weighted by molar-refractivity contribution is 5.95. The fourth-order valence-electron chi connectivity index (χ4n) is 3.26. The average molecular weight is 362 g/mol. The third-order valence-electron chi connectivity index (χ3n) is 4.62. The number of nitrogens with zero attached hydrogens (tertiary/aromatic N) is 2. The predicted molar refractivity (Wildman–Crippen MR) is 104 cm³/mol. The minimum absolute atomic E-state index is 0.0724. The van der Waals surface area contributed by atoms with Crippen LogP contribution in [-0.4, -0.2) is 22.0 Å². The van der Waals surface area contributed by atoms with Crippen molar-refractivity contribution < 1.29 is 4.79 Å². The first-order chi connectivity index (χ1) is 12.3. The lowest BCUT2D eigenvalue weighted by Crippen LogP contribution is -2.43. The Kier molecular flexibility index (Phi) is 6.83. The second-order valence-corrected chi connectivity index (χ2v) is 7.37. The molecule has 1 atom stereocenters. The molecule has 7 heteroatoms. The van der Waals surface area contributed by atoms with Gasteiger partial charge in [0, 0.05) is 19.5 Å². The van der Waals surface area contributed by atoms with Crippen LogP contribution in [0.25, 0.3) is 0 Å². The third-order valence-corrected chi connectivity index (χ3v) is 4.62. The number of hydrogen-bond acceptors (Lipinski definition) is 4. The molecule has 3 N–H and O–H groups in total. The minimum atomic E-state index is -0.601. The van der Waals surface area contributed by atoms with Gasteiger partial charge in [-0.25, -0.2) is 4.79 Å². The molecule has 1 aromatic heterocycles. The summed E-state index contributed by atoms with van der Waals surface area (Å²) in [6.07, 6.45) is 8.06. The summed E-state index contributed by atoms with van der Waals surface area (Å²) in [6.45, 7) is 6.77. The maximum atomic E-state index is 12.9. The molecule has 0 unspecified atom stereocenters. The zero-order valence-corrected chi connectivity index (χ0v) is 16.0. The Hall–Kier alpha value is -2.31. The van der Waals surface area contributed by atoms with Crippen LogP contribution in [0, 0.1) is 11.8 Å². The van der Waals surface area contributed by atoms with Gasteiger partial charge in [0.05, 0.1) is 0 Å². The quantitative estimate of drug-likeness (QED) is 0.693. The van der Waals surface area contributed by atoms with E-state index in [1.165, 1.54) is 9.47 Å². The molecule has 0 aliphatic heterocycles. The van der Waals surface area contributed by atoms with Crippen LogP contribution in [0.1, 0.15) is 52.9 Å². The minimum Gasteiger partial charge on any atom is -0.383 e. The Morgan fingerprint density at radius 2 is 2.15 bits per heavy atom. The van der Waals surface area contributed by atoms with E-state index in [0.717, 1.165) is 25.7 Å². The number of amides is 1. The molecule has 0 saturated heterocycles. The van der Waals surface area contributed by atoms with E-state index in [0.29, 0.717) is 19.5 Å². The first-order valence-electron chi connectivity index (χ1n) is 9.44. The number of aromatic amines is 1. The Morgan fingerprint density at radius 3 is 2.73 bits per heavy atom. The summed E-state index contributed by atoms with van der Waals surface area (Å²) in [7, 11) is 0. The van der Waals surface area contributed by atoms with E-state index >= 15 is 0 Å². The van der Waals surface area contributed by atoms with E-state index in [-0.39, 0.29) is 29.2 Å². The van der Waals surface area contributed by atoms with Crippen molar-refractivity contribution in [2.45, 2.75) is 59.4 Å². The molecule has 0 radical (unpaired) electrons. The fourth-order valence-corrected chi connectivity index (χ4v) is 3.26. The van der Waals surface area contributed by atoms with Crippen molar-refractivity contribution in [1.29, 1.82) is 0 Å². The summed E-state index contributed by atoms with van der Waals surface area (Å²) in [5.41, 5.74) is 5.15. The number of hydrogen-bond donors (Lipinski definition) is 2. The monoisotopic (exact) mass is 362 g/mol. The fraction of sp³-hybridized carbons (Fsp3) is 0.632. The van der Waals surface area contributed by atoms with Crippen molar-refractivity contribution in [3.63, 3.8) is 0 Å². The molecule has 1 aliphatic carbocycles. The van der Waals surface area contributed by atoms with Gasteiger partial charge in [-0.15, -0.1) is 0 Å². The molecular formula is C19H30N4O3. The van der Waals surface area contributed by atoms with Crippen LogP contribution in [0.3, 0.4) is 0 Å². The van der Waals surface area contributed by atoms with E-state index < -0.39 is 11.2 Å². The van der Waals surface area contributed by atoms with Crippen LogP contribution in [0.4, 0.5) is 11.5 Å². The van der Waals surface area contributed by atoms with Crippen LogP contribution in [0.15, 0.2) is 21.7 Å². The third kappa shape index (κ3) is 4.65. The number of nitrogens with one attached hydrogen (secondary N) is 1. The van der Waals surface area contributed by atoms with E-state index in [2.05, 4.69) is 17.1 Å².